The maximum atomic E-state index is 11.7. The summed E-state index contributed by atoms with van der Waals surface area (Å²) in [5.74, 6) is -0.0379. The molecule has 1 atom stereocenters. The van der Waals surface area contributed by atoms with Gasteiger partial charge in [-0.2, -0.15) is 0 Å². The molecule has 0 radical (unpaired) electrons. The minimum absolute atomic E-state index is 0.0468. The van der Waals surface area contributed by atoms with Gasteiger partial charge in [0.05, 0.1) is 0 Å². The highest BCUT2D eigenvalue weighted by Gasteiger charge is 2.10. The van der Waals surface area contributed by atoms with Crippen LogP contribution in [0, 0.1) is 6.92 Å². The SMILES string of the molecule is Cc1c(O)cccc1C(=O)NCCC(C)Cl. The number of phenols is 1. The molecule has 0 aliphatic rings. The number of carbonyl (C=O) groups is 1. The van der Waals surface area contributed by atoms with Crippen LogP contribution in [-0.4, -0.2) is 22.9 Å². The molecule has 1 rings (SSSR count). The van der Waals surface area contributed by atoms with Crippen LogP contribution in [0.1, 0.15) is 29.3 Å². The fourth-order valence-electron chi connectivity index (χ4n) is 1.35. The Morgan fingerprint density at radius 3 is 2.88 bits per heavy atom. The van der Waals surface area contributed by atoms with Gasteiger partial charge in [0.2, 0.25) is 0 Å². The molecule has 0 saturated heterocycles. The lowest BCUT2D eigenvalue weighted by molar-refractivity contribution is 0.0952. The Labute approximate surface area is 100 Å². The second-order valence-corrected chi connectivity index (χ2v) is 4.52. The molecule has 0 aliphatic heterocycles. The van der Waals surface area contributed by atoms with Crippen molar-refractivity contribution in [1.29, 1.82) is 0 Å². The van der Waals surface area contributed by atoms with Gasteiger partial charge in [0.15, 0.2) is 0 Å². The standard InChI is InChI=1S/C12H16ClNO2/c1-8(13)6-7-14-12(16)10-4-3-5-11(15)9(10)2/h3-5,8,15H,6-7H2,1-2H3,(H,14,16). The molecule has 4 heteroatoms. The molecule has 2 N–H and O–H groups in total. The largest absolute Gasteiger partial charge is 0.508 e. The van der Waals surface area contributed by atoms with E-state index in [-0.39, 0.29) is 17.0 Å². The molecule has 0 saturated carbocycles. The molecule has 3 nitrogen and oxygen atoms in total. The van der Waals surface area contributed by atoms with Gasteiger partial charge in [0.1, 0.15) is 5.75 Å². The Kier molecular flexibility index (Phi) is 4.62. The molecule has 0 spiro atoms. The summed E-state index contributed by atoms with van der Waals surface area (Å²) in [6.45, 7) is 4.14. The Bertz CT molecular complexity index is 377. The van der Waals surface area contributed by atoms with E-state index in [1.165, 1.54) is 0 Å². The first-order valence-electron chi connectivity index (χ1n) is 5.23. The van der Waals surface area contributed by atoms with E-state index in [9.17, 15) is 9.90 Å². The van der Waals surface area contributed by atoms with Crippen LogP contribution in [0.3, 0.4) is 0 Å². The van der Waals surface area contributed by atoms with E-state index < -0.39 is 0 Å². The van der Waals surface area contributed by atoms with Gasteiger partial charge in [-0.1, -0.05) is 6.07 Å². The minimum atomic E-state index is -0.175. The highest BCUT2D eigenvalue weighted by Crippen LogP contribution is 2.19. The predicted molar refractivity (Wildman–Crippen MR) is 65.1 cm³/mol. The van der Waals surface area contributed by atoms with Gasteiger partial charge in [-0.3, -0.25) is 4.79 Å². The number of hydrogen-bond donors (Lipinski definition) is 2. The fraction of sp³-hybridized carbons (Fsp3) is 0.417. The molecule has 1 amide bonds. The summed E-state index contributed by atoms with van der Waals surface area (Å²) in [7, 11) is 0. The third kappa shape index (κ3) is 3.42. The number of phenolic OH excluding ortho intramolecular Hbond substituents is 1. The monoisotopic (exact) mass is 241 g/mol. The van der Waals surface area contributed by atoms with Gasteiger partial charge in [-0.25, -0.2) is 0 Å². The number of halogens is 1. The predicted octanol–water partition coefficient (Wildman–Crippen LogP) is 2.45. The summed E-state index contributed by atoms with van der Waals surface area (Å²) in [6, 6.07) is 4.91. The topological polar surface area (TPSA) is 49.3 Å². The molecule has 16 heavy (non-hydrogen) atoms. The lowest BCUT2D eigenvalue weighted by Crippen LogP contribution is -2.26. The third-order valence-electron chi connectivity index (χ3n) is 2.38. The molecule has 0 aromatic heterocycles. The van der Waals surface area contributed by atoms with Crippen molar-refractivity contribution in [3.63, 3.8) is 0 Å². The fourth-order valence-corrected chi connectivity index (χ4v) is 1.46. The number of benzene rings is 1. The number of carbonyl (C=O) groups excluding carboxylic acids is 1. The summed E-state index contributed by atoms with van der Waals surface area (Å²) in [6.07, 6.45) is 0.727. The average Bonchev–Trinajstić information content (AvgIpc) is 2.21. The van der Waals surface area contributed by atoms with E-state index >= 15 is 0 Å². The van der Waals surface area contributed by atoms with Crippen molar-refractivity contribution in [2.24, 2.45) is 0 Å². The van der Waals surface area contributed by atoms with Gasteiger partial charge in [-0.15, -0.1) is 11.6 Å². The Hall–Kier alpha value is -1.22. The lowest BCUT2D eigenvalue weighted by Gasteiger charge is -2.09. The second kappa shape index (κ2) is 5.75. The summed E-state index contributed by atoms with van der Waals surface area (Å²) in [5.41, 5.74) is 1.10. The van der Waals surface area contributed by atoms with Crippen molar-refractivity contribution < 1.29 is 9.90 Å². The number of rotatable bonds is 4. The van der Waals surface area contributed by atoms with Crippen molar-refractivity contribution >= 4 is 17.5 Å². The zero-order valence-corrected chi connectivity index (χ0v) is 10.2. The normalized spacial score (nSPS) is 12.2. The molecule has 0 fully saturated rings. The van der Waals surface area contributed by atoms with Gasteiger partial charge in [0, 0.05) is 23.0 Å². The first kappa shape index (κ1) is 12.8. The molecule has 0 heterocycles. The Morgan fingerprint density at radius 1 is 1.56 bits per heavy atom. The van der Waals surface area contributed by atoms with E-state index in [1.807, 2.05) is 6.92 Å². The quantitative estimate of drug-likeness (QED) is 0.796. The van der Waals surface area contributed by atoms with E-state index in [2.05, 4.69) is 5.32 Å². The molecule has 0 aliphatic carbocycles. The highest BCUT2D eigenvalue weighted by atomic mass is 35.5. The van der Waals surface area contributed by atoms with Gasteiger partial charge < -0.3 is 10.4 Å². The molecule has 0 bridgehead atoms. The van der Waals surface area contributed by atoms with E-state index in [4.69, 9.17) is 11.6 Å². The Morgan fingerprint density at radius 2 is 2.25 bits per heavy atom. The summed E-state index contributed by atoms with van der Waals surface area (Å²) in [5, 5.41) is 12.3. The first-order valence-corrected chi connectivity index (χ1v) is 5.67. The van der Waals surface area contributed by atoms with E-state index in [0.29, 0.717) is 17.7 Å². The second-order valence-electron chi connectivity index (χ2n) is 3.78. The molecule has 88 valence electrons. The summed E-state index contributed by atoms with van der Waals surface area (Å²) in [4.78, 5) is 11.7. The first-order chi connectivity index (χ1) is 7.52. The molecule has 1 aromatic rings. The molecular weight excluding hydrogens is 226 g/mol. The Balaban J connectivity index is 2.63. The lowest BCUT2D eigenvalue weighted by atomic mass is 10.1. The van der Waals surface area contributed by atoms with E-state index in [0.717, 1.165) is 6.42 Å². The molecular formula is C12H16ClNO2. The molecule has 1 aromatic carbocycles. The zero-order chi connectivity index (χ0) is 12.1. The minimum Gasteiger partial charge on any atom is -0.508 e. The zero-order valence-electron chi connectivity index (χ0n) is 9.46. The maximum absolute atomic E-state index is 11.7. The van der Waals surface area contributed by atoms with Crippen molar-refractivity contribution in [2.45, 2.75) is 25.6 Å². The van der Waals surface area contributed by atoms with Crippen molar-refractivity contribution in [2.75, 3.05) is 6.54 Å². The molecule has 1 unspecified atom stereocenters. The van der Waals surface area contributed by atoms with Gasteiger partial charge in [-0.05, 0) is 32.4 Å². The van der Waals surface area contributed by atoms with Crippen LogP contribution in [0.5, 0.6) is 5.75 Å². The number of amides is 1. The van der Waals surface area contributed by atoms with Crippen molar-refractivity contribution in [1.82, 2.24) is 5.32 Å². The summed E-state index contributed by atoms with van der Waals surface area (Å²) < 4.78 is 0. The van der Waals surface area contributed by atoms with Crippen LogP contribution in [0.4, 0.5) is 0 Å². The maximum Gasteiger partial charge on any atom is 0.251 e. The van der Waals surface area contributed by atoms with Crippen LogP contribution in [-0.2, 0) is 0 Å². The van der Waals surface area contributed by atoms with Crippen LogP contribution in [0.2, 0.25) is 0 Å². The number of nitrogens with one attached hydrogen (secondary N) is 1. The number of hydrogen-bond acceptors (Lipinski definition) is 2. The van der Waals surface area contributed by atoms with Crippen LogP contribution in [0.25, 0.3) is 0 Å². The highest BCUT2D eigenvalue weighted by molar-refractivity contribution is 6.20. The van der Waals surface area contributed by atoms with Crippen LogP contribution in [0.15, 0.2) is 18.2 Å². The number of alkyl halides is 1. The summed E-state index contributed by atoms with van der Waals surface area (Å²) >= 11 is 5.77. The van der Waals surface area contributed by atoms with Gasteiger partial charge >= 0.3 is 0 Å². The number of aromatic hydroxyl groups is 1. The van der Waals surface area contributed by atoms with Crippen molar-refractivity contribution in [3.05, 3.63) is 29.3 Å². The van der Waals surface area contributed by atoms with E-state index in [1.54, 1.807) is 25.1 Å². The third-order valence-corrected chi connectivity index (χ3v) is 2.60. The van der Waals surface area contributed by atoms with Crippen molar-refractivity contribution in [3.8, 4) is 5.75 Å². The van der Waals surface area contributed by atoms with Crippen LogP contribution >= 0.6 is 11.6 Å². The average molecular weight is 242 g/mol. The van der Waals surface area contributed by atoms with Gasteiger partial charge in [0.25, 0.3) is 5.91 Å². The van der Waals surface area contributed by atoms with Crippen LogP contribution < -0.4 is 5.32 Å². The smallest absolute Gasteiger partial charge is 0.251 e.